The van der Waals surface area contributed by atoms with Crippen LogP contribution in [0.1, 0.15) is 49.1 Å². The van der Waals surface area contributed by atoms with E-state index in [0.29, 0.717) is 25.9 Å². The van der Waals surface area contributed by atoms with Crippen LogP contribution in [0.15, 0.2) is 21.6 Å². The number of aromatic carboxylic acids is 1. The van der Waals surface area contributed by atoms with Gasteiger partial charge in [-0.3, -0.25) is 4.79 Å². The minimum atomic E-state index is -4.04. The molecule has 8 nitrogen and oxygen atoms in total. The Morgan fingerprint density at radius 2 is 1.72 bits per heavy atom. The van der Waals surface area contributed by atoms with E-state index in [2.05, 4.69) is 0 Å². The van der Waals surface area contributed by atoms with Crippen molar-refractivity contribution in [3.63, 3.8) is 0 Å². The van der Waals surface area contributed by atoms with Gasteiger partial charge < -0.3 is 14.4 Å². The molecule has 3 heterocycles. The largest absolute Gasteiger partial charge is 0.475 e. The van der Waals surface area contributed by atoms with Crippen LogP contribution >= 0.6 is 0 Å². The zero-order chi connectivity index (χ0) is 18.0. The van der Waals surface area contributed by atoms with Crippen LogP contribution < -0.4 is 0 Å². The van der Waals surface area contributed by atoms with Crippen molar-refractivity contribution in [2.24, 2.45) is 0 Å². The lowest BCUT2D eigenvalue weighted by molar-refractivity contribution is -0.134. The zero-order valence-electron chi connectivity index (χ0n) is 13.9. The molecule has 0 radical (unpaired) electrons. The molecule has 0 saturated carbocycles. The fourth-order valence-electron chi connectivity index (χ4n) is 3.47. The van der Waals surface area contributed by atoms with Gasteiger partial charge in [0.1, 0.15) is 6.04 Å². The molecular weight excluding hydrogens is 348 g/mol. The van der Waals surface area contributed by atoms with E-state index in [4.69, 9.17) is 9.52 Å². The van der Waals surface area contributed by atoms with Gasteiger partial charge in [0.2, 0.25) is 16.8 Å². The quantitative estimate of drug-likeness (QED) is 0.861. The Morgan fingerprint density at radius 3 is 2.32 bits per heavy atom. The van der Waals surface area contributed by atoms with Gasteiger partial charge in [-0.2, -0.15) is 4.31 Å². The molecule has 25 heavy (non-hydrogen) atoms. The first-order chi connectivity index (χ1) is 11.9. The molecule has 3 rings (SSSR count). The van der Waals surface area contributed by atoms with Crippen molar-refractivity contribution in [3.05, 3.63) is 17.9 Å². The monoisotopic (exact) mass is 370 g/mol. The second-order valence-electron chi connectivity index (χ2n) is 6.44. The van der Waals surface area contributed by atoms with Crippen molar-refractivity contribution in [2.75, 3.05) is 19.6 Å². The van der Waals surface area contributed by atoms with Gasteiger partial charge in [-0.15, -0.1) is 0 Å². The highest BCUT2D eigenvalue weighted by Gasteiger charge is 2.42. The molecule has 1 N–H and O–H groups in total. The van der Waals surface area contributed by atoms with Crippen LogP contribution in [0.4, 0.5) is 0 Å². The fraction of sp³-hybridized carbons (Fsp3) is 0.625. The van der Waals surface area contributed by atoms with Crippen molar-refractivity contribution in [2.45, 2.75) is 49.7 Å². The van der Waals surface area contributed by atoms with Gasteiger partial charge in [-0.25, -0.2) is 13.2 Å². The van der Waals surface area contributed by atoms with Crippen molar-refractivity contribution in [3.8, 4) is 0 Å². The van der Waals surface area contributed by atoms with E-state index in [-0.39, 0.29) is 12.5 Å². The lowest BCUT2D eigenvalue weighted by Crippen LogP contribution is -2.47. The first-order valence-corrected chi connectivity index (χ1v) is 9.99. The van der Waals surface area contributed by atoms with Crippen LogP contribution in [0, 0.1) is 0 Å². The standard InChI is InChI=1S/C16H22N2O6S/c19-15(17-9-3-1-2-4-10-17)12-6-5-11-18(12)25(22,23)14-8-7-13(24-14)16(20)21/h7-8,12H,1-6,9-11H2,(H,20,21). The number of sulfonamides is 1. The number of hydrogen-bond acceptors (Lipinski definition) is 5. The molecule has 0 aromatic carbocycles. The normalized spacial score (nSPS) is 22.7. The maximum absolute atomic E-state index is 12.9. The molecular formula is C16H22N2O6S. The predicted octanol–water partition coefficient (Wildman–Crippen LogP) is 1.53. The minimum absolute atomic E-state index is 0.159. The Bertz CT molecular complexity index is 748. The molecule has 1 atom stereocenters. The SMILES string of the molecule is O=C(O)c1ccc(S(=O)(=O)N2CCCC2C(=O)N2CCCCCC2)o1. The van der Waals surface area contributed by atoms with Gasteiger partial charge in [-0.1, -0.05) is 12.8 Å². The number of carbonyl (C=O) groups excluding carboxylic acids is 1. The van der Waals surface area contributed by atoms with E-state index in [1.54, 1.807) is 4.90 Å². The number of furan rings is 1. The Hall–Kier alpha value is -1.87. The highest BCUT2D eigenvalue weighted by molar-refractivity contribution is 7.89. The summed E-state index contributed by atoms with van der Waals surface area (Å²) in [6, 6.07) is 1.50. The molecule has 1 amide bonds. The van der Waals surface area contributed by atoms with E-state index in [9.17, 15) is 18.0 Å². The summed E-state index contributed by atoms with van der Waals surface area (Å²) in [4.78, 5) is 25.5. The molecule has 9 heteroatoms. The van der Waals surface area contributed by atoms with E-state index < -0.39 is 32.9 Å². The van der Waals surface area contributed by atoms with Gasteiger partial charge in [0.15, 0.2) is 0 Å². The summed E-state index contributed by atoms with van der Waals surface area (Å²) in [6.45, 7) is 1.55. The molecule has 2 saturated heterocycles. The molecule has 1 aromatic heterocycles. The van der Waals surface area contributed by atoms with Crippen LogP contribution in [0.3, 0.4) is 0 Å². The highest BCUT2D eigenvalue weighted by atomic mass is 32.2. The van der Waals surface area contributed by atoms with Crippen LogP contribution in [0.5, 0.6) is 0 Å². The summed E-state index contributed by atoms with van der Waals surface area (Å²) in [7, 11) is -4.04. The Balaban J connectivity index is 1.81. The first-order valence-electron chi connectivity index (χ1n) is 8.55. The summed E-state index contributed by atoms with van der Waals surface area (Å²) in [6.07, 6.45) is 5.11. The van der Waals surface area contributed by atoms with Gasteiger partial charge >= 0.3 is 5.97 Å². The molecule has 138 valence electrons. The van der Waals surface area contributed by atoms with Crippen molar-refractivity contribution in [1.82, 2.24) is 9.21 Å². The second kappa shape index (κ2) is 7.17. The average Bonchev–Trinajstić information content (AvgIpc) is 3.19. The lowest BCUT2D eigenvalue weighted by atomic mass is 10.2. The summed E-state index contributed by atoms with van der Waals surface area (Å²) in [5, 5.41) is 8.47. The Morgan fingerprint density at radius 1 is 1.04 bits per heavy atom. The van der Waals surface area contributed by atoms with Gasteiger partial charge in [0.25, 0.3) is 10.0 Å². The second-order valence-corrected chi connectivity index (χ2v) is 8.26. The molecule has 2 aliphatic heterocycles. The number of rotatable bonds is 4. The van der Waals surface area contributed by atoms with E-state index in [1.807, 2.05) is 0 Å². The average molecular weight is 370 g/mol. The molecule has 0 spiro atoms. The number of nitrogens with zero attached hydrogens (tertiary/aromatic N) is 2. The van der Waals surface area contributed by atoms with Gasteiger partial charge in [0, 0.05) is 19.6 Å². The number of carboxylic acids is 1. The third-order valence-electron chi connectivity index (χ3n) is 4.76. The van der Waals surface area contributed by atoms with Crippen LogP contribution in [-0.2, 0) is 14.8 Å². The lowest BCUT2D eigenvalue weighted by Gasteiger charge is -2.28. The summed E-state index contributed by atoms with van der Waals surface area (Å²) < 4.78 is 31.7. The maximum atomic E-state index is 12.9. The Kier molecular flexibility index (Phi) is 5.14. The smallest absolute Gasteiger partial charge is 0.371 e. The third-order valence-corrected chi connectivity index (χ3v) is 6.54. The van der Waals surface area contributed by atoms with Crippen LogP contribution in [0.2, 0.25) is 0 Å². The summed E-state index contributed by atoms with van der Waals surface area (Å²) >= 11 is 0. The third kappa shape index (κ3) is 3.57. The number of carboxylic acid groups (broad SMARTS) is 1. The number of likely N-dealkylation sites (tertiary alicyclic amines) is 1. The van der Waals surface area contributed by atoms with Crippen molar-refractivity contribution >= 4 is 21.9 Å². The van der Waals surface area contributed by atoms with Gasteiger partial charge in [0.05, 0.1) is 0 Å². The highest BCUT2D eigenvalue weighted by Crippen LogP contribution is 2.29. The molecule has 2 fully saturated rings. The maximum Gasteiger partial charge on any atom is 0.371 e. The molecule has 0 aliphatic carbocycles. The molecule has 0 bridgehead atoms. The zero-order valence-corrected chi connectivity index (χ0v) is 14.7. The van der Waals surface area contributed by atoms with E-state index in [1.165, 1.54) is 0 Å². The molecule has 2 aliphatic rings. The van der Waals surface area contributed by atoms with Gasteiger partial charge in [-0.05, 0) is 37.8 Å². The van der Waals surface area contributed by atoms with Crippen molar-refractivity contribution in [1.29, 1.82) is 0 Å². The van der Waals surface area contributed by atoms with Crippen LogP contribution in [0.25, 0.3) is 0 Å². The van der Waals surface area contributed by atoms with Crippen LogP contribution in [-0.4, -0.2) is 60.3 Å². The minimum Gasteiger partial charge on any atom is -0.475 e. The first kappa shape index (κ1) is 17.9. The Labute approximate surface area is 146 Å². The molecule has 1 unspecified atom stereocenters. The van der Waals surface area contributed by atoms with Crippen molar-refractivity contribution < 1.29 is 27.5 Å². The summed E-state index contributed by atoms with van der Waals surface area (Å²) in [5.74, 6) is -1.93. The topological polar surface area (TPSA) is 108 Å². The fourth-order valence-corrected chi connectivity index (χ4v) is 5.03. The number of amides is 1. The predicted molar refractivity (Wildman–Crippen MR) is 87.6 cm³/mol. The number of hydrogen-bond donors (Lipinski definition) is 1. The number of carbonyl (C=O) groups is 2. The van der Waals surface area contributed by atoms with E-state index in [0.717, 1.165) is 42.1 Å². The summed E-state index contributed by atoms with van der Waals surface area (Å²) in [5.41, 5.74) is 0. The molecule has 1 aromatic rings. The van der Waals surface area contributed by atoms with E-state index >= 15 is 0 Å².